The lowest BCUT2D eigenvalue weighted by atomic mass is 10.0. The van der Waals surface area contributed by atoms with Crippen molar-refractivity contribution in [2.24, 2.45) is 5.73 Å². The molecule has 41 heavy (non-hydrogen) atoms. The maximum absolute atomic E-state index is 13.2. The Morgan fingerprint density at radius 2 is 1.44 bits per heavy atom. The Morgan fingerprint density at radius 3 is 2.07 bits per heavy atom. The molecule has 0 aliphatic heterocycles. The van der Waals surface area contributed by atoms with Crippen molar-refractivity contribution in [3.8, 4) is 5.75 Å². The number of amides is 3. The molecule has 4 atom stereocenters. The maximum atomic E-state index is 13.2. The van der Waals surface area contributed by atoms with E-state index in [0.717, 1.165) is 16.5 Å². The zero-order valence-corrected chi connectivity index (χ0v) is 22.6. The molecule has 2 aromatic carbocycles. The second-order valence-electron chi connectivity index (χ2n) is 9.34. The molecule has 218 valence electrons. The summed E-state index contributed by atoms with van der Waals surface area (Å²) >= 11 is 3.92. The summed E-state index contributed by atoms with van der Waals surface area (Å²) in [6, 6.07) is 7.67. The number of phenols is 1. The Balaban J connectivity index is 1.76. The van der Waals surface area contributed by atoms with Crippen LogP contribution in [0.2, 0.25) is 0 Å². The predicted octanol–water partition coefficient (Wildman–Crippen LogP) is -0.0705. The number of aromatic amines is 1. The van der Waals surface area contributed by atoms with Gasteiger partial charge in [-0.25, -0.2) is 4.79 Å². The van der Waals surface area contributed by atoms with Crippen LogP contribution in [0.4, 0.5) is 0 Å². The van der Waals surface area contributed by atoms with E-state index in [1.54, 1.807) is 6.20 Å². The summed E-state index contributed by atoms with van der Waals surface area (Å²) in [5.74, 6) is -5.64. The van der Waals surface area contributed by atoms with Gasteiger partial charge in [-0.05, 0) is 35.7 Å². The highest BCUT2D eigenvalue weighted by Gasteiger charge is 2.31. The molecule has 3 rings (SSSR count). The van der Waals surface area contributed by atoms with Crippen LogP contribution in [0.25, 0.3) is 10.9 Å². The number of H-pyrrole nitrogens is 1. The summed E-state index contributed by atoms with van der Waals surface area (Å²) in [5, 5.41) is 36.1. The molecule has 13 nitrogen and oxygen atoms in total. The number of fused-ring (bicyclic) bond motifs is 1. The fraction of sp³-hybridized carbons (Fsp3) is 0.296. The van der Waals surface area contributed by atoms with E-state index < -0.39 is 60.2 Å². The number of carboxylic acids is 2. The summed E-state index contributed by atoms with van der Waals surface area (Å²) in [6.07, 6.45) is 0.869. The Morgan fingerprint density at radius 1 is 0.829 bits per heavy atom. The van der Waals surface area contributed by atoms with E-state index in [4.69, 9.17) is 5.73 Å². The van der Waals surface area contributed by atoms with E-state index in [2.05, 4.69) is 33.6 Å². The van der Waals surface area contributed by atoms with Gasteiger partial charge in [0.25, 0.3) is 0 Å². The van der Waals surface area contributed by atoms with Crippen LogP contribution >= 0.6 is 12.6 Å². The number of nitrogens with one attached hydrogen (secondary N) is 4. The lowest BCUT2D eigenvalue weighted by molar-refractivity contribution is -0.142. The largest absolute Gasteiger partial charge is 0.508 e. The third kappa shape index (κ3) is 8.71. The molecule has 3 amide bonds. The van der Waals surface area contributed by atoms with Crippen LogP contribution in [-0.2, 0) is 36.8 Å². The van der Waals surface area contributed by atoms with Gasteiger partial charge in [0.1, 0.15) is 23.9 Å². The van der Waals surface area contributed by atoms with E-state index in [1.165, 1.54) is 24.3 Å². The summed E-state index contributed by atoms with van der Waals surface area (Å²) in [5.41, 5.74) is 8.19. The summed E-state index contributed by atoms with van der Waals surface area (Å²) in [7, 11) is 0. The standard InChI is InChI=1S/C27H31N5O8S/c28-18(10-15-12-29-19-4-2-1-3-17(15)19)24(36)30-21(11-23(34)35)26(38)31-20(9-14-5-7-16(33)8-6-14)25(37)32-22(13-41)27(39)40/h1-8,12,18,20-22,29,33,41H,9-11,13,28H2,(H,30,36)(H,31,38)(H,32,37)(H,34,35)(H,39,40). The number of nitrogens with two attached hydrogens (primary N) is 1. The number of thiol groups is 1. The number of benzene rings is 2. The van der Waals surface area contributed by atoms with Gasteiger partial charge in [0.15, 0.2) is 0 Å². The van der Waals surface area contributed by atoms with Gasteiger partial charge in [0.2, 0.25) is 17.7 Å². The molecule has 3 aromatic rings. The first-order valence-corrected chi connectivity index (χ1v) is 13.2. The van der Waals surface area contributed by atoms with Gasteiger partial charge < -0.3 is 42.0 Å². The highest BCUT2D eigenvalue weighted by Crippen LogP contribution is 2.19. The van der Waals surface area contributed by atoms with Crippen LogP contribution < -0.4 is 21.7 Å². The van der Waals surface area contributed by atoms with E-state index in [9.17, 15) is 39.3 Å². The van der Waals surface area contributed by atoms with Gasteiger partial charge in [-0.3, -0.25) is 19.2 Å². The van der Waals surface area contributed by atoms with Crippen molar-refractivity contribution in [2.45, 2.75) is 43.4 Å². The fourth-order valence-electron chi connectivity index (χ4n) is 4.10. The molecule has 0 radical (unpaired) electrons. The van der Waals surface area contributed by atoms with E-state index in [1.807, 2.05) is 24.3 Å². The number of phenolic OH excluding ortho intramolecular Hbond substituents is 1. The van der Waals surface area contributed by atoms with Crippen molar-refractivity contribution in [3.63, 3.8) is 0 Å². The van der Waals surface area contributed by atoms with Crippen LogP contribution in [0.3, 0.4) is 0 Å². The van der Waals surface area contributed by atoms with Crippen LogP contribution in [0.15, 0.2) is 54.7 Å². The quantitative estimate of drug-likeness (QED) is 0.115. The Labute approximate surface area is 239 Å². The molecular formula is C27H31N5O8S. The summed E-state index contributed by atoms with van der Waals surface area (Å²) < 4.78 is 0. The number of para-hydroxylation sites is 1. The zero-order valence-electron chi connectivity index (χ0n) is 21.7. The summed E-state index contributed by atoms with van der Waals surface area (Å²) in [4.78, 5) is 65.1. The molecule has 1 heterocycles. The number of carbonyl (C=O) groups is 5. The van der Waals surface area contributed by atoms with E-state index >= 15 is 0 Å². The molecule has 0 saturated heterocycles. The minimum atomic E-state index is -1.59. The van der Waals surface area contributed by atoms with Gasteiger partial charge in [0.05, 0.1) is 12.5 Å². The molecule has 1 aromatic heterocycles. The third-order valence-electron chi connectivity index (χ3n) is 6.27. The third-order valence-corrected chi connectivity index (χ3v) is 6.63. The second kappa shape index (κ2) is 14.2. The topological polar surface area (TPSA) is 224 Å². The van der Waals surface area contributed by atoms with Gasteiger partial charge in [-0.15, -0.1) is 0 Å². The number of hydrogen-bond acceptors (Lipinski definition) is 8. The smallest absolute Gasteiger partial charge is 0.327 e. The van der Waals surface area contributed by atoms with Crippen LogP contribution in [0.5, 0.6) is 5.75 Å². The van der Waals surface area contributed by atoms with Gasteiger partial charge >= 0.3 is 11.9 Å². The van der Waals surface area contributed by atoms with Gasteiger partial charge in [0, 0.05) is 29.3 Å². The van der Waals surface area contributed by atoms with E-state index in [-0.39, 0.29) is 24.3 Å². The highest BCUT2D eigenvalue weighted by atomic mass is 32.1. The number of rotatable bonds is 14. The Kier molecular flexibility index (Phi) is 10.7. The van der Waals surface area contributed by atoms with Crippen molar-refractivity contribution >= 4 is 53.2 Å². The second-order valence-corrected chi connectivity index (χ2v) is 9.71. The van der Waals surface area contributed by atoms with E-state index in [0.29, 0.717) is 5.56 Å². The first kappa shape index (κ1) is 31.0. The first-order valence-electron chi connectivity index (χ1n) is 12.5. The van der Waals surface area contributed by atoms with Crippen LogP contribution in [0, 0.1) is 0 Å². The number of carboxylic acid groups (broad SMARTS) is 2. The monoisotopic (exact) mass is 585 g/mol. The number of aliphatic carboxylic acids is 2. The first-order chi connectivity index (χ1) is 19.5. The number of aromatic hydroxyl groups is 1. The number of carbonyl (C=O) groups excluding carboxylic acids is 3. The SMILES string of the molecule is NC(Cc1c[nH]c2ccccc12)C(=O)NC(CC(=O)O)C(=O)NC(Cc1ccc(O)cc1)C(=O)NC(CS)C(=O)O. The fourth-order valence-corrected chi connectivity index (χ4v) is 4.35. The average Bonchev–Trinajstić information content (AvgIpc) is 3.34. The predicted molar refractivity (Wildman–Crippen MR) is 151 cm³/mol. The molecule has 4 unspecified atom stereocenters. The van der Waals surface area contributed by atoms with Crippen molar-refractivity contribution in [2.75, 3.05) is 5.75 Å². The molecule has 0 aliphatic rings. The molecule has 9 N–H and O–H groups in total. The molecule has 0 bridgehead atoms. The average molecular weight is 586 g/mol. The van der Waals surface area contributed by atoms with Crippen molar-refractivity contribution in [3.05, 3.63) is 65.9 Å². The normalized spacial score (nSPS) is 13.9. The zero-order chi connectivity index (χ0) is 30.1. The van der Waals surface area contributed by atoms with Crippen molar-refractivity contribution < 1.29 is 39.3 Å². The Bertz CT molecular complexity index is 1410. The van der Waals surface area contributed by atoms with Crippen LogP contribution in [-0.4, -0.2) is 79.9 Å². The minimum absolute atomic E-state index is 0.0342. The number of aromatic nitrogens is 1. The van der Waals surface area contributed by atoms with Crippen molar-refractivity contribution in [1.29, 1.82) is 0 Å². The van der Waals surface area contributed by atoms with Gasteiger partial charge in [-0.2, -0.15) is 12.6 Å². The van der Waals surface area contributed by atoms with Crippen molar-refractivity contribution in [1.82, 2.24) is 20.9 Å². The lowest BCUT2D eigenvalue weighted by Gasteiger charge is -2.24. The summed E-state index contributed by atoms with van der Waals surface area (Å²) in [6.45, 7) is 0. The molecular weight excluding hydrogens is 554 g/mol. The van der Waals surface area contributed by atoms with Crippen LogP contribution in [0.1, 0.15) is 17.5 Å². The lowest BCUT2D eigenvalue weighted by Crippen LogP contribution is -2.58. The molecule has 0 saturated carbocycles. The maximum Gasteiger partial charge on any atom is 0.327 e. The highest BCUT2D eigenvalue weighted by molar-refractivity contribution is 7.80. The van der Waals surface area contributed by atoms with Gasteiger partial charge in [-0.1, -0.05) is 30.3 Å². The Hall–Kier alpha value is -4.56. The molecule has 14 heteroatoms. The number of hydrogen-bond donors (Lipinski definition) is 9. The molecule has 0 spiro atoms. The minimum Gasteiger partial charge on any atom is -0.508 e. The molecule has 0 aliphatic carbocycles. The molecule has 0 fully saturated rings.